The topological polar surface area (TPSA) is 215 Å². The van der Waals surface area contributed by atoms with Crippen LogP contribution in [0.15, 0.2) is 35.3 Å². The Morgan fingerprint density at radius 2 is 1.51 bits per heavy atom. The SMILES string of the molecule is CSCCC(NC(=O)C(CC(C)C)NC(=O)C(Cc1ccccc1)NC(=O)C(N)CCCN=C(N)N)C(=O)O. The third kappa shape index (κ3) is 13.9. The van der Waals surface area contributed by atoms with Crippen molar-refractivity contribution in [2.75, 3.05) is 18.6 Å². The monoisotopic (exact) mass is 565 g/mol. The zero-order chi connectivity index (χ0) is 29.4. The number of nitrogens with two attached hydrogens (primary N) is 3. The first-order chi connectivity index (χ1) is 18.4. The summed E-state index contributed by atoms with van der Waals surface area (Å²) in [4.78, 5) is 54.8. The zero-order valence-corrected chi connectivity index (χ0v) is 23.7. The quantitative estimate of drug-likeness (QED) is 0.0720. The van der Waals surface area contributed by atoms with Crippen molar-refractivity contribution in [1.82, 2.24) is 16.0 Å². The number of aliphatic imine (C=N–C) groups is 1. The second kappa shape index (κ2) is 18.1. The van der Waals surface area contributed by atoms with Crippen molar-refractivity contribution in [3.8, 4) is 0 Å². The lowest BCUT2D eigenvalue weighted by Crippen LogP contribution is -2.57. The molecule has 1 rings (SSSR count). The normalized spacial score (nSPS) is 14.0. The van der Waals surface area contributed by atoms with Crippen molar-refractivity contribution >= 4 is 41.4 Å². The van der Waals surface area contributed by atoms with Crippen LogP contribution >= 0.6 is 11.8 Å². The van der Waals surface area contributed by atoms with Crippen LogP contribution in [0.4, 0.5) is 0 Å². The van der Waals surface area contributed by atoms with Gasteiger partial charge in [-0.1, -0.05) is 44.2 Å². The summed E-state index contributed by atoms with van der Waals surface area (Å²) in [5.41, 5.74) is 17.5. The predicted octanol–water partition coefficient (Wildman–Crippen LogP) is -0.0518. The van der Waals surface area contributed by atoms with Gasteiger partial charge in [0.1, 0.15) is 18.1 Å². The molecule has 0 fully saturated rings. The average Bonchev–Trinajstić information content (AvgIpc) is 2.87. The van der Waals surface area contributed by atoms with E-state index in [4.69, 9.17) is 17.2 Å². The van der Waals surface area contributed by atoms with E-state index in [1.807, 2.05) is 50.4 Å². The Labute approximate surface area is 234 Å². The van der Waals surface area contributed by atoms with Gasteiger partial charge >= 0.3 is 5.97 Å². The second-order valence-electron chi connectivity index (χ2n) is 9.68. The van der Waals surface area contributed by atoms with E-state index in [9.17, 15) is 24.3 Å². The predicted molar refractivity (Wildman–Crippen MR) is 154 cm³/mol. The maximum Gasteiger partial charge on any atom is 0.326 e. The molecule has 0 radical (unpaired) electrons. The van der Waals surface area contributed by atoms with E-state index >= 15 is 0 Å². The number of carboxylic acid groups (broad SMARTS) is 1. The molecule has 0 heterocycles. The van der Waals surface area contributed by atoms with Crippen LogP contribution in [0, 0.1) is 5.92 Å². The molecule has 0 bridgehead atoms. The molecule has 0 aliphatic heterocycles. The minimum Gasteiger partial charge on any atom is -0.480 e. The van der Waals surface area contributed by atoms with Crippen LogP contribution in [-0.2, 0) is 25.6 Å². The number of carbonyl (C=O) groups excluding carboxylic acids is 3. The van der Waals surface area contributed by atoms with Crippen molar-refractivity contribution in [3.05, 3.63) is 35.9 Å². The molecule has 0 saturated heterocycles. The van der Waals surface area contributed by atoms with E-state index < -0.39 is 47.9 Å². The summed E-state index contributed by atoms with van der Waals surface area (Å²) >= 11 is 1.47. The van der Waals surface area contributed by atoms with Crippen LogP contribution in [0.25, 0.3) is 0 Å². The summed E-state index contributed by atoms with van der Waals surface area (Å²) in [7, 11) is 0. The molecule has 0 aliphatic carbocycles. The number of nitrogens with one attached hydrogen (secondary N) is 3. The van der Waals surface area contributed by atoms with Gasteiger partial charge in [0.05, 0.1) is 6.04 Å². The zero-order valence-electron chi connectivity index (χ0n) is 22.9. The summed E-state index contributed by atoms with van der Waals surface area (Å²) in [5, 5.41) is 17.5. The highest BCUT2D eigenvalue weighted by atomic mass is 32.2. The summed E-state index contributed by atoms with van der Waals surface area (Å²) in [6.45, 7) is 4.09. The first kappa shape index (κ1) is 33.7. The molecule has 0 aromatic heterocycles. The third-order valence-corrected chi connectivity index (χ3v) is 6.43. The molecular formula is C26H43N7O5S. The fraction of sp³-hybridized carbons (Fsp3) is 0.577. The lowest BCUT2D eigenvalue weighted by atomic mass is 10.00. The minimum absolute atomic E-state index is 0.0244. The number of carboxylic acids is 1. The molecule has 0 spiro atoms. The van der Waals surface area contributed by atoms with E-state index in [-0.39, 0.29) is 31.1 Å². The first-order valence-electron chi connectivity index (χ1n) is 12.9. The highest BCUT2D eigenvalue weighted by Crippen LogP contribution is 2.10. The molecule has 1 aromatic rings. The maximum absolute atomic E-state index is 13.4. The number of carbonyl (C=O) groups is 4. The smallest absolute Gasteiger partial charge is 0.326 e. The van der Waals surface area contributed by atoms with Crippen LogP contribution in [0.3, 0.4) is 0 Å². The largest absolute Gasteiger partial charge is 0.480 e. The number of aliphatic carboxylic acids is 1. The molecule has 218 valence electrons. The molecule has 13 heteroatoms. The lowest BCUT2D eigenvalue weighted by molar-refractivity contribution is -0.142. The molecule has 12 nitrogen and oxygen atoms in total. The first-order valence-corrected chi connectivity index (χ1v) is 14.3. The van der Waals surface area contributed by atoms with Crippen molar-refractivity contribution in [2.24, 2.45) is 28.1 Å². The Bertz CT molecular complexity index is 957. The van der Waals surface area contributed by atoms with E-state index in [1.54, 1.807) is 0 Å². The molecule has 0 saturated carbocycles. The van der Waals surface area contributed by atoms with Crippen LogP contribution in [0.2, 0.25) is 0 Å². The molecular weight excluding hydrogens is 522 g/mol. The van der Waals surface area contributed by atoms with E-state index in [2.05, 4.69) is 20.9 Å². The van der Waals surface area contributed by atoms with Gasteiger partial charge in [0, 0.05) is 13.0 Å². The van der Waals surface area contributed by atoms with Crippen LogP contribution in [0.5, 0.6) is 0 Å². The summed E-state index contributed by atoms with van der Waals surface area (Å²) in [6, 6.07) is 5.14. The number of hydrogen-bond donors (Lipinski definition) is 7. The van der Waals surface area contributed by atoms with Gasteiger partial charge in [-0.15, -0.1) is 0 Å². The number of guanidine groups is 1. The summed E-state index contributed by atoms with van der Waals surface area (Å²) < 4.78 is 0. The molecule has 10 N–H and O–H groups in total. The summed E-state index contributed by atoms with van der Waals surface area (Å²) in [6.07, 6.45) is 3.31. The number of rotatable bonds is 18. The Kier molecular flexibility index (Phi) is 15.6. The minimum atomic E-state index is -1.14. The fourth-order valence-corrected chi connectivity index (χ4v) is 4.20. The van der Waals surface area contributed by atoms with Crippen LogP contribution in [0.1, 0.15) is 45.1 Å². The van der Waals surface area contributed by atoms with Gasteiger partial charge in [0.15, 0.2) is 5.96 Å². The highest BCUT2D eigenvalue weighted by molar-refractivity contribution is 7.98. The Morgan fingerprint density at radius 3 is 2.08 bits per heavy atom. The molecule has 4 unspecified atom stereocenters. The molecule has 3 amide bonds. The summed E-state index contributed by atoms with van der Waals surface area (Å²) in [5.74, 6) is -2.30. The fourth-order valence-electron chi connectivity index (χ4n) is 3.73. The number of thioether (sulfide) groups is 1. The van der Waals surface area contributed by atoms with Crippen LogP contribution < -0.4 is 33.2 Å². The van der Waals surface area contributed by atoms with Gasteiger partial charge in [-0.25, -0.2) is 4.79 Å². The van der Waals surface area contributed by atoms with Crippen molar-refractivity contribution in [2.45, 2.75) is 70.1 Å². The number of nitrogens with zero attached hydrogens (tertiary/aromatic N) is 1. The number of benzene rings is 1. The highest BCUT2D eigenvalue weighted by Gasteiger charge is 2.30. The van der Waals surface area contributed by atoms with Gasteiger partial charge in [0.2, 0.25) is 17.7 Å². The van der Waals surface area contributed by atoms with E-state index in [1.165, 1.54) is 11.8 Å². The second-order valence-corrected chi connectivity index (χ2v) is 10.7. The third-order valence-electron chi connectivity index (χ3n) is 5.79. The molecule has 4 atom stereocenters. The van der Waals surface area contributed by atoms with E-state index in [0.717, 1.165) is 5.56 Å². The lowest BCUT2D eigenvalue weighted by Gasteiger charge is -2.26. The van der Waals surface area contributed by atoms with Crippen molar-refractivity contribution < 1.29 is 24.3 Å². The van der Waals surface area contributed by atoms with Gasteiger partial charge < -0.3 is 38.3 Å². The Morgan fingerprint density at radius 1 is 0.923 bits per heavy atom. The maximum atomic E-state index is 13.4. The molecule has 1 aromatic carbocycles. The van der Waals surface area contributed by atoms with Gasteiger partial charge in [-0.3, -0.25) is 19.4 Å². The standard InChI is InChI=1S/C26H43N7O5S/c1-16(2)14-20(23(35)31-19(25(37)38)11-13-39-3)33-24(36)21(15-17-8-5-4-6-9-17)32-22(34)18(27)10-7-12-30-26(28)29/h4-6,8-9,16,18-21H,7,10-15,27H2,1-3H3,(H,31,35)(H,32,34)(H,33,36)(H,37,38)(H4,28,29,30). The number of amides is 3. The molecule has 0 aliphatic rings. The van der Waals surface area contributed by atoms with Gasteiger partial charge in [-0.2, -0.15) is 11.8 Å². The van der Waals surface area contributed by atoms with E-state index in [0.29, 0.717) is 25.1 Å². The molecule has 39 heavy (non-hydrogen) atoms. The Balaban J connectivity index is 3.03. The average molecular weight is 566 g/mol. The van der Waals surface area contributed by atoms with Crippen molar-refractivity contribution in [1.29, 1.82) is 0 Å². The Hall–Kier alpha value is -3.32. The van der Waals surface area contributed by atoms with Crippen LogP contribution in [-0.4, -0.2) is 77.5 Å². The van der Waals surface area contributed by atoms with Gasteiger partial charge in [-0.05, 0) is 49.2 Å². The van der Waals surface area contributed by atoms with Gasteiger partial charge in [0.25, 0.3) is 0 Å². The van der Waals surface area contributed by atoms with Crippen molar-refractivity contribution in [3.63, 3.8) is 0 Å². The number of hydrogen-bond acceptors (Lipinski definition) is 7.